The summed E-state index contributed by atoms with van der Waals surface area (Å²) in [6, 6.07) is 1.97. The van der Waals surface area contributed by atoms with E-state index in [2.05, 4.69) is 20.9 Å². The summed E-state index contributed by atoms with van der Waals surface area (Å²) in [6.07, 6.45) is 3.50. The van der Waals surface area contributed by atoms with E-state index in [4.69, 9.17) is 5.73 Å². The Morgan fingerprint density at radius 3 is 3.00 bits per heavy atom. The zero-order valence-corrected chi connectivity index (χ0v) is 9.27. The summed E-state index contributed by atoms with van der Waals surface area (Å²) in [4.78, 5) is 14.4. The number of carbonyl (C=O) groups excluding carboxylic acids is 1. The van der Waals surface area contributed by atoms with Crippen molar-refractivity contribution in [1.82, 2.24) is 4.98 Å². The molecule has 5 heteroatoms. The van der Waals surface area contributed by atoms with Gasteiger partial charge < -0.3 is 5.73 Å². The first-order chi connectivity index (χ1) is 6.18. The van der Waals surface area contributed by atoms with Crippen molar-refractivity contribution in [1.29, 1.82) is 0 Å². The molecule has 1 heterocycles. The first-order valence-electron chi connectivity index (χ1n) is 3.64. The number of rotatable bonds is 4. The SMILES string of the molecule is NC(=O)CSCc1cncc(Br)c1. The third kappa shape index (κ3) is 4.28. The number of thioether (sulfide) groups is 1. The van der Waals surface area contributed by atoms with E-state index in [1.54, 1.807) is 12.4 Å². The van der Waals surface area contributed by atoms with Crippen LogP contribution in [0.2, 0.25) is 0 Å². The predicted molar refractivity (Wildman–Crippen MR) is 57.3 cm³/mol. The molecule has 0 saturated carbocycles. The normalized spacial score (nSPS) is 9.92. The number of pyridine rings is 1. The van der Waals surface area contributed by atoms with Crippen LogP contribution in [0.4, 0.5) is 0 Å². The second-order valence-electron chi connectivity index (χ2n) is 2.47. The van der Waals surface area contributed by atoms with Gasteiger partial charge in [-0.15, -0.1) is 11.8 Å². The van der Waals surface area contributed by atoms with E-state index in [0.717, 1.165) is 15.8 Å². The number of nitrogens with two attached hydrogens (primary N) is 1. The molecule has 1 amide bonds. The van der Waals surface area contributed by atoms with E-state index in [0.29, 0.717) is 5.75 Å². The number of nitrogens with zero attached hydrogens (tertiary/aromatic N) is 1. The highest BCUT2D eigenvalue weighted by Crippen LogP contribution is 2.14. The molecule has 0 aromatic carbocycles. The van der Waals surface area contributed by atoms with E-state index < -0.39 is 0 Å². The van der Waals surface area contributed by atoms with Crippen molar-refractivity contribution in [2.75, 3.05) is 5.75 Å². The molecule has 2 N–H and O–H groups in total. The second kappa shape index (κ2) is 5.24. The third-order valence-corrected chi connectivity index (χ3v) is 2.73. The van der Waals surface area contributed by atoms with Gasteiger partial charge in [0.2, 0.25) is 5.91 Å². The minimum atomic E-state index is -0.284. The van der Waals surface area contributed by atoms with Gasteiger partial charge in [-0.25, -0.2) is 0 Å². The molecule has 3 nitrogen and oxygen atoms in total. The Morgan fingerprint density at radius 2 is 2.38 bits per heavy atom. The van der Waals surface area contributed by atoms with Crippen LogP contribution >= 0.6 is 27.7 Å². The molecule has 0 atom stereocenters. The number of halogens is 1. The highest BCUT2D eigenvalue weighted by atomic mass is 79.9. The van der Waals surface area contributed by atoms with E-state index in [1.165, 1.54) is 11.8 Å². The Labute approximate surface area is 89.2 Å². The van der Waals surface area contributed by atoms with Gasteiger partial charge in [-0.2, -0.15) is 0 Å². The number of hydrogen-bond acceptors (Lipinski definition) is 3. The summed E-state index contributed by atoms with van der Waals surface area (Å²) in [6.45, 7) is 0. The molecule has 70 valence electrons. The highest BCUT2D eigenvalue weighted by molar-refractivity contribution is 9.10. The zero-order valence-electron chi connectivity index (χ0n) is 6.87. The number of aromatic nitrogens is 1. The Kier molecular flexibility index (Phi) is 4.24. The van der Waals surface area contributed by atoms with Gasteiger partial charge in [0, 0.05) is 22.6 Å². The van der Waals surface area contributed by atoms with Crippen LogP contribution in [0.15, 0.2) is 22.9 Å². The summed E-state index contributed by atoms with van der Waals surface area (Å²) in [5.41, 5.74) is 6.09. The van der Waals surface area contributed by atoms with Crippen molar-refractivity contribution in [2.24, 2.45) is 5.73 Å². The fraction of sp³-hybridized carbons (Fsp3) is 0.250. The standard InChI is InChI=1S/C8H9BrN2OS/c9-7-1-6(2-11-3-7)4-13-5-8(10)12/h1-3H,4-5H2,(H2,10,12). The van der Waals surface area contributed by atoms with Crippen molar-refractivity contribution in [3.8, 4) is 0 Å². The van der Waals surface area contributed by atoms with Gasteiger partial charge in [0.1, 0.15) is 0 Å². The van der Waals surface area contributed by atoms with Crippen LogP contribution in [0, 0.1) is 0 Å². The van der Waals surface area contributed by atoms with Crippen LogP contribution in [0.3, 0.4) is 0 Å². The maximum Gasteiger partial charge on any atom is 0.227 e. The van der Waals surface area contributed by atoms with Crippen molar-refractivity contribution < 1.29 is 4.79 Å². The van der Waals surface area contributed by atoms with Gasteiger partial charge in [0.15, 0.2) is 0 Å². The highest BCUT2D eigenvalue weighted by Gasteiger charge is 1.97. The lowest BCUT2D eigenvalue weighted by Gasteiger charge is -1.99. The van der Waals surface area contributed by atoms with Gasteiger partial charge >= 0.3 is 0 Å². The predicted octanol–water partition coefficient (Wildman–Crippen LogP) is 1.56. The number of amides is 1. The van der Waals surface area contributed by atoms with Crippen molar-refractivity contribution >= 4 is 33.6 Å². The van der Waals surface area contributed by atoms with Crippen LogP contribution < -0.4 is 5.73 Å². The molecule has 0 radical (unpaired) electrons. The smallest absolute Gasteiger partial charge is 0.227 e. The van der Waals surface area contributed by atoms with Gasteiger partial charge in [-0.3, -0.25) is 9.78 Å². The summed E-state index contributed by atoms with van der Waals surface area (Å²) < 4.78 is 0.949. The van der Waals surface area contributed by atoms with Crippen LogP contribution in [0.25, 0.3) is 0 Å². The number of primary amides is 1. The van der Waals surface area contributed by atoms with E-state index in [-0.39, 0.29) is 5.91 Å². The molecule has 0 unspecified atom stereocenters. The third-order valence-electron chi connectivity index (χ3n) is 1.27. The van der Waals surface area contributed by atoms with Gasteiger partial charge in [0.05, 0.1) is 5.75 Å². The number of hydrogen-bond donors (Lipinski definition) is 1. The second-order valence-corrected chi connectivity index (χ2v) is 4.37. The Bertz CT molecular complexity index is 306. The van der Waals surface area contributed by atoms with Gasteiger partial charge in [0.25, 0.3) is 0 Å². The Balaban J connectivity index is 2.41. The summed E-state index contributed by atoms with van der Waals surface area (Å²) in [7, 11) is 0. The van der Waals surface area contributed by atoms with Crippen molar-refractivity contribution in [3.63, 3.8) is 0 Å². The molecule has 13 heavy (non-hydrogen) atoms. The minimum Gasteiger partial charge on any atom is -0.369 e. The number of carbonyl (C=O) groups is 1. The fourth-order valence-electron chi connectivity index (χ4n) is 0.804. The summed E-state index contributed by atoms with van der Waals surface area (Å²) in [5, 5.41) is 0. The lowest BCUT2D eigenvalue weighted by atomic mass is 10.3. The van der Waals surface area contributed by atoms with Gasteiger partial charge in [-0.05, 0) is 27.6 Å². The molecule has 1 aromatic rings. The molecule has 0 aliphatic heterocycles. The molecular formula is C8H9BrN2OS. The lowest BCUT2D eigenvalue weighted by molar-refractivity contribution is -0.115. The van der Waals surface area contributed by atoms with Crippen molar-refractivity contribution in [2.45, 2.75) is 5.75 Å². The van der Waals surface area contributed by atoms with Crippen molar-refractivity contribution in [3.05, 3.63) is 28.5 Å². The molecule has 0 aliphatic rings. The van der Waals surface area contributed by atoms with E-state index >= 15 is 0 Å². The summed E-state index contributed by atoms with van der Waals surface area (Å²) in [5.74, 6) is 0.829. The summed E-state index contributed by atoms with van der Waals surface area (Å²) >= 11 is 4.81. The topological polar surface area (TPSA) is 56.0 Å². The molecule has 0 bridgehead atoms. The van der Waals surface area contributed by atoms with Crippen LogP contribution in [-0.4, -0.2) is 16.6 Å². The average molecular weight is 261 g/mol. The Morgan fingerprint density at radius 1 is 1.62 bits per heavy atom. The average Bonchev–Trinajstić information content (AvgIpc) is 2.03. The molecule has 0 saturated heterocycles. The molecule has 1 aromatic heterocycles. The van der Waals surface area contributed by atoms with Crippen LogP contribution in [0.1, 0.15) is 5.56 Å². The fourth-order valence-corrected chi connectivity index (χ4v) is 1.91. The first-order valence-corrected chi connectivity index (χ1v) is 5.59. The molecule has 0 aliphatic carbocycles. The lowest BCUT2D eigenvalue weighted by Crippen LogP contribution is -2.13. The molecule has 1 rings (SSSR count). The van der Waals surface area contributed by atoms with E-state index in [1.807, 2.05) is 6.07 Å². The monoisotopic (exact) mass is 260 g/mol. The maximum absolute atomic E-state index is 10.4. The largest absolute Gasteiger partial charge is 0.369 e. The zero-order chi connectivity index (χ0) is 9.68. The Hall–Kier alpha value is -0.550. The van der Waals surface area contributed by atoms with E-state index in [9.17, 15) is 4.79 Å². The molecular weight excluding hydrogens is 252 g/mol. The van der Waals surface area contributed by atoms with Crippen LogP contribution in [-0.2, 0) is 10.5 Å². The molecule has 0 spiro atoms. The minimum absolute atomic E-state index is 0.284. The quantitative estimate of drug-likeness (QED) is 0.894. The van der Waals surface area contributed by atoms with Crippen LogP contribution in [0.5, 0.6) is 0 Å². The first kappa shape index (κ1) is 10.5. The molecule has 0 fully saturated rings. The van der Waals surface area contributed by atoms with Gasteiger partial charge in [-0.1, -0.05) is 0 Å². The maximum atomic E-state index is 10.4.